The van der Waals surface area contributed by atoms with Gasteiger partial charge in [0.2, 0.25) is 0 Å². The van der Waals surface area contributed by atoms with Crippen LogP contribution in [0.3, 0.4) is 0 Å². The van der Waals surface area contributed by atoms with Gasteiger partial charge in [-0.3, -0.25) is 4.79 Å². The minimum atomic E-state index is -0.118. The number of carbonyl (C=O) groups excluding carboxylic acids is 1. The lowest BCUT2D eigenvalue weighted by Crippen LogP contribution is -2.31. The summed E-state index contributed by atoms with van der Waals surface area (Å²) in [5.41, 5.74) is 7.48. The summed E-state index contributed by atoms with van der Waals surface area (Å²) < 4.78 is 5.18. The van der Waals surface area contributed by atoms with Gasteiger partial charge < -0.3 is 15.1 Å². The Kier molecular flexibility index (Phi) is 4.36. The van der Waals surface area contributed by atoms with Crippen LogP contribution < -0.4 is 10.6 Å². The molecule has 0 unspecified atom stereocenters. The Morgan fingerprint density at radius 2 is 2.00 bits per heavy atom. The van der Waals surface area contributed by atoms with E-state index in [0.29, 0.717) is 18.8 Å². The van der Waals surface area contributed by atoms with Gasteiger partial charge in [0, 0.05) is 18.8 Å². The van der Waals surface area contributed by atoms with E-state index in [1.165, 1.54) is 6.26 Å². The molecule has 0 fully saturated rings. The van der Waals surface area contributed by atoms with Crippen molar-refractivity contribution < 1.29 is 9.21 Å². The molecule has 1 aromatic heterocycles. The molecular weight excluding hydrogens is 240 g/mol. The maximum absolute atomic E-state index is 12.4. The van der Waals surface area contributed by atoms with Gasteiger partial charge in [0.05, 0.1) is 6.26 Å². The zero-order valence-electron chi connectivity index (χ0n) is 11.0. The largest absolute Gasteiger partial charge is 0.459 e. The fourth-order valence-electron chi connectivity index (χ4n) is 1.92. The minimum Gasteiger partial charge on any atom is -0.459 e. The summed E-state index contributed by atoms with van der Waals surface area (Å²) in [5, 5.41) is 0. The van der Waals surface area contributed by atoms with Crippen molar-refractivity contribution in [1.82, 2.24) is 0 Å². The SMILES string of the molecule is CCCN(C(=O)c1ccco1)c1ccc(CN)cc1. The van der Waals surface area contributed by atoms with E-state index in [2.05, 4.69) is 0 Å². The summed E-state index contributed by atoms with van der Waals surface area (Å²) in [6.45, 7) is 3.19. The molecular formula is C15H18N2O2. The molecule has 2 aromatic rings. The highest BCUT2D eigenvalue weighted by molar-refractivity contribution is 6.04. The van der Waals surface area contributed by atoms with Crippen LogP contribution in [0.4, 0.5) is 5.69 Å². The van der Waals surface area contributed by atoms with Gasteiger partial charge in [0.1, 0.15) is 0 Å². The third-order valence-corrected chi connectivity index (χ3v) is 2.91. The van der Waals surface area contributed by atoms with E-state index in [-0.39, 0.29) is 5.91 Å². The third kappa shape index (κ3) is 3.03. The molecule has 0 radical (unpaired) electrons. The molecule has 0 bridgehead atoms. The molecule has 0 aliphatic carbocycles. The predicted molar refractivity (Wildman–Crippen MR) is 75.0 cm³/mol. The lowest BCUT2D eigenvalue weighted by atomic mass is 10.2. The first-order valence-corrected chi connectivity index (χ1v) is 6.40. The first-order chi connectivity index (χ1) is 9.26. The first-order valence-electron chi connectivity index (χ1n) is 6.40. The van der Waals surface area contributed by atoms with Crippen LogP contribution in [-0.4, -0.2) is 12.5 Å². The molecule has 19 heavy (non-hydrogen) atoms. The molecule has 1 heterocycles. The van der Waals surface area contributed by atoms with Crippen LogP contribution in [0.2, 0.25) is 0 Å². The quantitative estimate of drug-likeness (QED) is 0.897. The molecule has 0 spiro atoms. The summed E-state index contributed by atoms with van der Waals surface area (Å²) in [4.78, 5) is 14.1. The van der Waals surface area contributed by atoms with Crippen molar-refractivity contribution in [3.8, 4) is 0 Å². The molecule has 4 heteroatoms. The monoisotopic (exact) mass is 258 g/mol. The molecule has 1 aromatic carbocycles. The van der Waals surface area contributed by atoms with Crippen molar-refractivity contribution in [2.45, 2.75) is 19.9 Å². The second-order valence-corrected chi connectivity index (χ2v) is 4.30. The fraction of sp³-hybridized carbons (Fsp3) is 0.267. The molecule has 0 aliphatic heterocycles. The second kappa shape index (κ2) is 6.20. The van der Waals surface area contributed by atoms with Gasteiger partial charge in [-0.05, 0) is 36.2 Å². The summed E-state index contributed by atoms with van der Waals surface area (Å²) >= 11 is 0. The second-order valence-electron chi connectivity index (χ2n) is 4.30. The number of hydrogen-bond acceptors (Lipinski definition) is 3. The Balaban J connectivity index is 2.26. The average molecular weight is 258 g/mol. The van der Waals surface area contributed by atoms with Crippen molar-refractivity contribution in [1.29, 1.82) is 0 Å². The van der Waals surface area contributed by atoms with Gasteiger partial charge in [0.25, 0.3) is 5.91 Å². The highest BCUT2D eigenvalue weighted by atomic mass is 16.3. The smallest absolute Gasteiger partial charge is 0.293 e. The van der Waals surface area contributed by atoms with Crippen LogP contribution in [-0.2, 0) is 6.54 Å². The van der Waals surface area contributed by atoms with Gasteiger partial charge in [-0.25, -0.2) is 0 Å². The summed E-state index contributed by atoms with van der Waals surface area (Å²) in [5.74, 6) is 0.240. The van der Waals surface area contributed by atoms with Gasteiger partial charge >= 0.3 is 0 Å². The summed E-state index contributed by atoms with van der Waals surface area (Å²) in [6, 6.07) is 11.1. The normalized spacial score (nSPS) is 10.4. The number of anilines is 1. The highest BCUT2D eigenvalue weighted by Crippen LogP contribution is 2.19. The lowest BCUT2D eigenvalue weighted by molar-refractivity contribution is 0.0960. The lowest BCUT2D eigenvalue weighted by Gasteiger charge is -2.21. The van der Waals surface area contributed by atoms with E-state index >= 15 is 0 Å². The Bertz CT molecular complexity index is 518. The number of carbonyl (C=O) groups is 1. The number of amides is 1. The minimum absolute atomic E-state index is 0.118. The van der Waals surface area contributed by atoms with E-state index in [9.17, 15) is 4.79 Å². The van der Waals surface area contributed by atoms with Crippen LogP contribution in [0.5, 0.6) is 0 Å². The van der Waals surface area contributed by atoms with Crippen LogP contribution in [0.15, 0.2) is 47.1 Å². The van der Waals surface area contributed by atoms with Crippen molar-refractivity contribution in [2.24, 2.45) is 5.73 Å². The molecule has 0 atom stereocenters. The van der Waals surface area contributed by atoms with Crippen LogP contribution >= 0.6 is 0 Å². The standard InChI is InChI=1S/C15H18N2O2/c1-2-9-17(15(18)14-4-3-10-19-14)13-7-5-12(11-16)6-8-13/h3-8,10H,2,9,11,16H2,1H3. The number of benzene rings is 1. The third-order valence-electron chi connectivity index (χ3n) is 2.91. The van der Waals surface area contributed by atoms with E-state index in [0.717, 1.165) is 17.7 Å². The summed E-state index contributed by atoms with van der Waals surface area (Å²) in [7, 11) is 0. The summed E-state index contributed by atoms with van der Waals surface area (Å²) in [6.07, 6.45) is 2.39. The molecule has 2 N–H and O–H groups in total. The van der Waals surface area contributed by atoms with E-state index in [1.807, 2.05) is 31.2 Å². The Labute approximate surface area is 112 Å². The van der Waals surface area contributed by atoms with Crippen molar-refractivity contribution in [3.05, 3.63) is 54.0 Å². The van der Waals surface area contributed by atoms with Crippen LogP contribution in [0, 0.1) is 0 Å². The van der Waals surface area contributed by atoms with Crippen molar-refractivity contribution in [3.63, 3.8) is 0 Å². The maximum atomic E-state index is 12.4. The van der Waals surface area contributed by atoms with Gasteiger partial charge in [-0.1, -0.05) is 19.1 Å². The molecule has 0 saturated heterocycles. The van der Waals surface area contributed by atoms with Crippen molar-refractivity contribution in [2.75, 3.05) is 11.4 Å². The number of nitrogens with zero attached hydrogens (tertiary/aromatic N) is 1. The zero-order chi connectivity index (χ0) is 13.7. The van der Waals surface area contributed by atoms with Crippen LogP contribution in [0.25, 0.3) is 0 Å². The van der Waals surface area contributed by atoms with E-state index in [4.69, 9.17) is 10.2 Å². The number of rotatable bonds is 5. The molecule has 0 aliphatic rings. The van der Waals surface area contributed by atoms with Gasteiger partial charge in [0.15, 0.2) is 5.76 Å². The van der Waals surface area contributed by atoms with Gasteiger partial charge in [-0.15, -0.1) is 0 Å². The first kappa shape index (κ1) is 13.4. The molecule has 100 valence electrons. The Morgan fingerprint density at radius 3 is 2.53 bits per heavy atom. The Hall–Kier alpha value is -2.07. The van der Waals surface area contributed by atoms with E-state index < -0.39 is 0 Å². The fourth-order valence-corrected chi connectivity index (χ4v) is 1.92. The molecule has 4 nitrogen and oxygen atoms in total. The predicted octanol–water partition coefficient (Wildman–Crippen LogP) is 2.80. The maximum Gasteiger partial charge on any atom is 0.293 e. The van der Waals surface area contributed by atoms with Crippen LogP contribution in [0.1, 0.15) is 29.5 Å². The highest BCUT2D eigenvalue weighted by Gasteiger charge is 2.18. The topological polar surface area (TPSA) is 59.5 Å². The van der Waals surface area contributed by atoms with Crippen molar-refractivity contribution >= 4 is 11.6 Å². The number of hydrogen-bond donors (Lipinski definition) is 1. The number of nitrogens with two attached hydrogens (primary N) is 1. The van der Waals surface area contributed by atoms with Gasteiger partial charge in [-0.2, -0.15) is 0 Å². The molecule has 2 rings (SSSR count). The average Bonchev–Trinajstić information content (AvgIpc) is 2.98. The number of furan rings is 1. The Morgan fingerprint density at radius 1 is 1.26 bits per heavy atom. The zero-order valence-corrected chi connectivity index (χ0v) is 11.0. The molecule has 1 amide bonds. The molecule has 0 saturated carbocycles. The van der Waals surface area contributed by atoms with E-state index in [1.54, 1.807) is 17.0 Å².